The molecule has 0 radical (unpaired) electrons. The van der Waals surface area contributed by atoms with Gasteiger partial charge in [0.05, 0.1) is 5.56 Å². The van der Waals surface area contributed by atoms with Crippen molar-refractivity contribution >= 4 is 23.0 Å². The second kappa shape index (κ2) is 5.21. The van der Waals surface area contributed by atoms with Gasteiger partial charge in [0.15, 0.2) is 0 Å². The van der Waals surface area contributed by atoms with Crippen molar-refractivity contribution in [3.05, 3.63) is 33.7 Å². The third kappa shape index (κ3) is 2.89. The number of aromatic carboxylic acids is 1. The molecule has 0 atom stereocenters. The molecule has 1 rings (SSSR count). The summed E-state index contributed by atoms with van der Waals surface area (Å²) in [4.78, 5) is 11.9. The first kappa shape index (κ1) is 14.2. The van der Waals surface area contributed by atoms with Crippen molar-refractivity contribution in [2.24, 2.45) is 5.73 Å². The minimum atomic E-state index is -4.61. The van der Waals surface area contributed by atoms with Crippen molar-refractivity contribution in [3.8, 4) is 0 Å². The Morgan fingerprint density at radius 1 is 1.56 bits per heavy atom. The Morgan fingerprint density at radius 3 is 2.56 bits per heavy atom. The standard InChI is InChI=1S/C10H9F3N2O2S/c1-15-6(2-3-14)5-4-7(9(16)17)18-8(5)10(11,12)13/h2-4H,14H2,1H3,(H,16,17)/p+1. The smallest absolute Gasteiger partial charge is 0.426 e. The summed E-state index contributed by atoms with van der Waals surface area (Å²) in [5, 5.41) is 8.74. The zero-order valence-corrected chi connectivity index (χ0v) is 10.0. The minimum Gasteiger partial charge on any atom is -0.477 e. The quantitative estimate of drug-likeness (QED) is 0.702. The van der Waals surface area contributed by atoms with Crippen LogP contribution >= 0.6 is 11.3 Å². The molecule has 8 heteroatoms. The lowest BCUT2D eigenvalue weighted by molar-refractivity contribution is -0.418. The molecule has 0 bridgehead atoms. The second-order valence-electron chi connectivity index (χ2n) is 3.18. The highest BCUT2D eigenvalue weighted by Crippen LogP contribution is 2.38. The number of alkyl halides is 3. The van der Waals surface area contributed by atoms with Crippen molar-refractivity contribution < 1.29 is 28.1 Å². The number of halogens is 3. The molecular weight excluding hydrogens is 269 g/mol. The van der Waals surface area contributed by atoms with Gasteiger partial charge >= 0.3 is 12.1 Å². The molecule has 0 fully saturated rings. The number of carboxylic acids is 1. The van der Waals surface area contributed by atoms with Crippen LogP contribution in [0, 0.1) is 0 Å². The fourth-order valence-electron chi connectivity index (χ4n) is 1.31. The van der Waals surface area contributed by atoms with E-state index >= 15 is 0 Å². The number of carbonyl (C=O) groups is 1. The Balaban J connectivity index is 3.46. The Hall–Kier alpha value is -1.83. The number of nitrogens with two attached hydrogens (primary N) is 1. The summed E-state index contributed by atoms with van der Waals surface area (Å²) in [7, 11) is 1.42. The molecule has 1 heterocycles. The number of hydrogen-bond acceptors (Lipinski definition) is 3. The number of thiophene rings is 1. The molecule has 1 aromatic heterocycles. The van der Waals surface area contributed by atoms with Crippen molar-refractivity contribution in [1.29, 1.82) is 0 Å². The van der Waals surface area contributed by atoms with Crippen LogP contribution in [-0.2, 0) is 6.18 Å². The first-order valence-corrected chi connectivity index (χ1v) is 5.50. The van der Waals surface area contributed by atoms with Gasteiger partial charge in [0.25, 0.3) is 0 Å². The Morgan fingerprint density at radius 2 is 2.17 bits per heavy atom. The van der Waals surface area contributed by atoms with Crippen molar-refractivity contribution in [2.45, 2.75) is 6.18 Å². The summed E-state index contributed by atoms with van der Waals surface area (Å²) in [5.74, 6) is -1.40. The monoisotopic (exact) mass is 279 g/mol. The maximum absolute atomic E-state index is 12.8. The van der Waals surface area contributed by atoms with Crippen molar-refractivity contribution in [1.82, 2.24) is 0 Å². The largest absolute Gasteiger partial charge is 0.477 e. The fourth-order valence-corrected chi connectivity index (χ4v) is 2.19. The maximum Gasteiger partial charge on any atom is 0.426 e. The topological polar surface area (TPSA) is 77.3 Å². The van der Waals surface area contributed by atoms with Gasteiger partial charge in [0, 0.05) is 12.3 Å². The minimum absolute atomic E-state index is 0.105. The molecule has 4 N–H and O–H groups in total. The number of hydrogen-bond donors (Lipinski definition) is 3. The molecule has 0 aromatic carbocycles. The maximum atomic E-state index is 12.8. The zero-order chi connectivity index (χ0) is 13.9. The van der Waals surface area contributed by atoms with Crippen molar-refractivity contribution in [3.63, 3.8) is 0 Å². The van der Waals surface area contributed by atoms with Crippen LogP contribution in [0.4, 0.5) is 13.2 Å². The van der Waals surface area contributed by atoms with Gasteiger partial charge in [-0.1, -0.05) is 0 Å². The van der Waals surface area contributed by atoms with Gasteiger partial charge in [-0.3, -0.25) is 0 Å². The molecule has 0 aliphatic heterocycles. The van der Waals surface area contributed by atoms with E-state index in [1.165, 1.54) is 13.1 Å². The predicted octanol–water partition coefficient (Wildman–Crippen LogP) is 0.437. The molecule has 4 nitrogen and oxygen atoms in total. The SMILES string of the molecule is C[NH+]=C(C=CN)c1cc(C(=O)O)sc1C(F)(F)F. The molecule has 1 aromatic rings. The highest BCUT2D eigenvalue weighted by Gasteiger charge is 2.38. The number of allylic oxidation sites excluding steroid dienone is 1. The van der Waals surface area contributed by atoms with Crippen molar-refractivity contribution in [2.75, 3.05) is 7.05 Å². The third-order valence-corrected chi connectivity index (χ3v) is 3.19. The van der Waals surface area contributed by atoms with E-state index in [0.717, 1.165) is 12.3 Å². The Bertz CT molecular complexity index is 518. The van der Waals surface area contributed by atoms with Gasteiger partial charge in [-0.2, -0.15) is 13.2 Å². The van der Waals surface area contributed by atoms with E-state index in [2.05, 4.69) is 4.99 Å². The molecule has 0 amide bonds. The van der Waals surface area contributed by atoms with Crippen LogP contribution in [0.3, 0.4) is 0 Å². The Kier molecular flexibility index (Phi) is 4.12. The van der Waals surface area contributed by atoms with Crippen LogP contribution in [0.25, 0.3) is 0 Å². The van der Waals surface area contributed by atoms with Crippen LogP contribution in [-0.4, -0.2) is 23.8 Å². The molecule has 0 spiro atoms. The average molecular weight is 279 g/mol. The van der Waals surface area contributed by atoms with E-state index in [1.54, 1.807) is 0 Å². The summed E-state index contributed by atoms with van der Waals surface area (Å²) in [6.07, 6.45) is -2.30. The van der Waals surface area contributed by atoms with Crippen LogP contribution in [0.5, 0.6) is 0 Å². The second-order valence-corrected chi connectivity index (χ2v) is 4.23. The summed E-state index contributed by atoms with van der Waals surface area (Å²) in [5.41, 5.74) is 5.01. The predicted molar refractivity (Wildman–Crippen MR) is 60.6 cm³/mol. The van der Waals surface area contributed by atoms with Gasteiger partial charge in [0.1, 0.15) is 16.8 Å². The van der Waals surface area contributed by atoms with E-state index in [-0.39, 0.29) is 27.5 Å². The summed E-state index contributed by atoms with van der Waals surface area (Å²) in [6, 6.07) is 0.974. The first-order chi connectivity index (χ1) is 8.31. The van der Waals surface area contributed by atoms with Crippen LogP contribution in [0.2, 0.25) is 0 Å². The van der Waals surface area contributed by atoms with Gasteiger partial charge in [0.2, 0.25) is 5.71 Å². The molecule has 18 heavy (non-hydrogen) atoms. The summed E-state index contributed by atoms with van der Waals surface area (Å²) in [6.45, 7) is 0. The van der Waals surface area contributed by atoms with E-state index in [0.29, 0.717) is 0 Å². The van der Waals surface area contributed by atoms with Crippen LogP contribution in [0.1, 0.15) is 20.1 Å². The number of rotatable bonds is 3. The average Bonchev–Trinajstić information content (AvgIpc) is 2.70. The van der Waals surface area contributed by atoms with E-state index in [1.807, 2.05) is 0 Å². The zero-order valence-electron chi connectivity index (χ0n) is 9.21. The normalized spacial score (nSPS) is 13.2. The lowest BCUT2D eigenvalue weighted by atomic mass is 10.1. The van der Waals surface area contributed by atoms with Crippen LogP contribution in [0.15, 0.2) is 18.3 Å². The summed E-state index contributed by atoms with van der Waals surface area (Å²) < 4.78 is 38.3. The lowest BCUT2D eigenvalue weighted by Gasteiger charge is -2.04. The highest BCUT2D eigenvalue weighted by atomic mass is 32.1. The molecule has 0 saturated heterocycles. The van der Waals surface area contributed by atoms with E-state index < -0.39 is 17.0 Å². The van der Waals surface area contributed by atoms with Crippen LogP contribution < -0.4 is 10.7 Å². The van der Waals surface area contributed by atoms with Gasteiger partial charge in [-0.25, -0.2) is 9.79 Å². The molecular formula is C10H10F3N2O2S+. The van der Waals surface area contributed by atoms with Gasteiger partial charge < -0.3 is 10.8 Å². The highest BCUT2D eigenvalue weighted by molar-refractivity contribution is 7.14. The molecule has 0 aliphatic carbocycles. The van der Waals surface area contributed by atoms with Gasteiger partial charge in [-0.15, -0.1) is 11.3 Å². The first-order valence-electron chi connectivity index (χ1n) is 4.69. The molecule has 0 aliphatic rings. The third-order valence-electron chi connectivity index (χ3n) is 2.02. The summed E-state index contributed by atoms with van der Waals surface area (Å²) >= 11 is 0.184. The fraction of sp³-hybridized carbons (Fsp3) is 0.200. The number of carboxylic acid groups (broad SMARTS) is 1. The lowest BCUT2D eigenvalue weighted by Crippen LogP contribution is -2.67. The van der Waals surface area contributed by atoms with Gasteiger partial charge in [-0.05, 0) is 6.07 Å². The van der Waals surface area contributed by atoms with E-state index in [4.69, 9.17) is 10.8 Å². The van der Waals surface area contributed by atoms with E-state index in [9.17, 15) is 18.0 Å². The molecule has 0 saturated carbocycles. The molecule has 98 valence electrons. The molecule has 0 unspecified atom stereocenters. The Labute approximate surface area is 104 Å². The number of nitrogens with one attached hydrogen (secondary N) is 1.